The van der Waals surface area contributed by atoms with Gasteiger partial charge >= 0.3 is 0 Å². The number of rotatable bonds is 6. The maximum Gasteiger partial charge on any atom is 0.0664 e. The largest absolute Gasteiger partial charge is 0.392 e. The number of likely N-dealkylation sites (tertiary alicyclic amines) is 1. The number of nitrogens with zero attached hydrogens (tertiary/aromatic N) is 1. The van der Waals surface area contributed by atoms with Crippen LogP contribution in [0.5, 0.6) is 0 Å². The molecule has 0 spiro atoms. The Hall–Kier alpha value is -0.120. The van der Waals surface area contributed by atoms with Crippen molar-refractivity contribution in [2.45, 2.75) is 45.1 Å². The number of methoxy groups -OCH3 is 1. The molecular formula is C13H27NO2. The molecule has 1 fully saturated rings. The number of aliphatic hydroxyl groups excluding tert-OH is 1. The average Bonchev–Trinajstić information content (AvgIpc) is 2.51. The van der Waals surface area contributed by atoms with E-state index in [1.54, 1.807) is 7.11 Å². The van der Waals surface area contributed by atoms with Crippen molar-refractivity contribution < 1.29 is 9.84 Å². The summed E-state index contributed by atoms with van der Waals surface area (Å²) < 4.78 is 5.15. The summed E-state index contributed by atoms with van der Waals surface area (Å²) in [4.78, 5) is 2.43. The number of ether oxygens (including phenoxy) is 1. The molecule has 3 nitrogen and oxygen atoms in total. The second-order valence-electron chi connectivity index (χ2n) is 4.96. The van der Waals surface area contributed by atoms with Gasteiger partial charge in [-0.1, -0.05) is 13.3 Å². The van der Waals surface area contributed by atoms with E-state index in [1.807, 2.05) is 6.92 Å². The molecule has 1 rings (SSSR count). The van der Waals surface area contributed by atoms with Crippen molar-refractivity contribution in [1.29, 1.82) is 0 Å². The molecule has 96 valence electrons. The number of β-amino-alcohol motifs (C(OH)–C–C–N with tert-alkyl or cyclic N) is 1. The fourth-order valence-electron chi connectivity index (χ4n) is 2.43. The average molecular weight is 229 g/mol. The van der Waals surface area contributed by atoms with Gasteiger partial charge in [-0.05, 0) is 38.1 Å². The van der Waals surface area contributed by atoms with Crippen molar-refractivity contribution in [3.05, 3.63) is 0 Å². The molecule has 1 N–H and O–H groups in total. The van der Waals surface area contributed by atoms with E-state index in [0.717, 1.165) is 45.0 Å². The molecule has 0 amide bonds. The highest BCUT2D eigenvalue weighted by Crippen LogP contribution is 2.19. The molecule has 1 aliphatic rings. The summed E-state index contributed by atoms with van der Waals surface area (Å²) in [6.45, 7) is 6.06. The highest BCUT2D eigenvalue weighted by Gasteiger charge is 2.19. The van der Waals surface area contributed by atoms with Gasteiger partial charge in [-0.25, -0.2) is 0 Å². The van der Waals surface area contributed by atoms with Gasteiger partial charge in [0.2, 0.25) is 0 Å². The molecule has 3 heteroatoms. The van der Waals surface area contributed by atoms with Crippen molar-refractivity contribution in [3.63, 3.8) is 0 Å². The fourth-order valence-corrected chi connectivity index (χ4v) is 2.43. The zero-order chi connectivity index (χ0) is 11.8. The molecule has 1 heterocycles. The Morgan fingerprint density at radius 2 is 2.25 bits per heavy atom. The van der Waals surface area contributed by atoms with E-state index >= 15 is 0 Å². The summed E-state index contributed by atoms with van der Waals surface area (Å²) in [5, 5.41) is 9.70. The zero-order valence-corrected chi connectivity index (χ0v) is 10.8. The quantitative estimate of drug-likeness (QED) is 0.755. The predicted octanol–water partition coefficient (Wildman–Crippen LogP) is 1.90. The first-order valence-corrected chi connectivity index (χ1v) is 6.65. The molecule has 0 aliphatic carbocycles. The highest BCUT2D eigenvalue weighted by atomic mass is 16.5. The van der Waals surface area contributed by atoms with Crippen LogP contribution in [0.4, 0.5) is 0 Å². The minimum atomic E-state index is -0.152. The van der Waals surface area contributed by atoms with Gasteiger partial charge in [0.25, 0.3) is 0 Å². The first-order chi connectivity index (χ1) is 7.76. The van der Waals surface area contributed by atoms with Gasteiger partial charge in [-0.2, -0.15) is 0 Å². The summed E-state index contributed by atoms with van der Waals surface area (Å²) in [7, 11) is 1.77. The SMILES string of the molecule is CC[C@H](O)CN1CCCC[C@H](CCOC)C1. The normalized spacial score (nSPS) is 25.3. The first-order valence-electron chi connectivity index (χ1n) is 6.65. The van der Waals surface area contributed by atoms with Crippen LogP contribution in [0, 0.1) is 5.92 Å². The van der Waals surface area contributed by atoms with Crippen molar-refractivity contribution in [3.8, 4) is 0 Å². The molecule has 2 atom stereocenters. The van der Waals surface area contributed by atoms with Gasteiger partial charge in [0, 0.05) is 26.8 Å². The number of hydrogen-bond donors (Lipinski definition) is 1. The van der Waals surface area contributed by atoms with Crippen molar-refractivity contribution >= 4 is 0 Å². The third-order valence-electron chi connectivity index (χ3n) is 3.52. The predicted molar refractivity (Wildman–Crippen MR) is 66.6 cm³/mol. The Bertz CT molecular complexity index is 175. The molecule has 16 heavy (non-hydrogen) atoms. The second-order valence-corrected chi connectivity index (χ2v) is 4.96. The lowest BCUT2D eigenvalue weighted by molar-refractivity contribution is 0.0982. The van der Waals surface area contributed by atoms with Crippen molar-refractivity contribution in [2.75, 3.05) is 33.4 Å². The Kier molecular flexibility index (Phi) is 7.01. The van der Waals surface area contributed by atoms with E-state index in [9.17, 15) is 5.11 Å². The molecule has 1 saturated heterocycles. The standard InChI is InChI=1S/C13H27NO2/c1-3-13(15)11-14-8-5-4-6-12(10-14)7-9-16-2/h12-13,15H,3-11H2,1-2H3/t12-,13+/m1/s1. The first kappa shape index (κ1) is 13.9. The molecule has 1 aliphatic heterocycles. The zero-order valence-electron chi connectivity index (χ0n) is 10.8. The van der Waals surface area contributed by atoms with Gasteiger partial charge in [-0.3, -0.25) is 0 Å². The summed E-state index contributed by atoms with van der Waals surface area (Å²) in [5.74, 6) is 0.756. The van der Waals surface area contributed by atoms with Gasteiger partial charge in [0.1, 0.15) is 0 Å². The van der Waals surface area contributed by atoms with E-state index in [4.69, 9.17) is 4.74 Å². The van der Waals surface area contributed by atoms with E-state index in [-0.39, 0.29) is 6.10 Å². The topological polar surface area (TPSA) is 32.7 Å². The summed E-state index contributed by atoms with van der Waals surface area (Å²) in [5.41, 5.74) is 0. The van der Waals surface area contributed by atoms with Crippen LogP contribution >= 0.6 is 0 Å². The smallest absolute Gasteiger partial charge is 0.0664 e. The third-order valence-corrected chi connectivity index (χ3v) is 3.52. The Labute approximate surface area is 99.8 Å². The summed E-state index contributed by atoms with van der Waals surface area (Å²) in [6, 6.07) is 0. The minimum absolute atomic E-state index is 0.152. The van der Waals surface area contributed by atoms with Crippen LogP contribution in [0.1, 0.15) is 39.0 Å². The van der Waals surface area contributed by atoms with Crippen LogP contribution in [0.25, 0.3) is 0 Å². The van der Waals surface area contributed by atoms with E-state index in [1.165, 1.54) is 19.3 Å². The lowest BCUT2D eigenvalue weighted by atomic mass is 10.00. The molecule has 0 aromatic carbocycles. The van der Waals surface area contributed by atoms with Gasteiger partial charge in [-0.15, -0.1) is 0 Å². The van der Waals surface area contributed by atoms with Gasteiger partial charge in [0.15, 0.2) is 0 Å². The van der Waals surface area contributed by atoms with Gasteiger partial charge < -0.3 is 14.7 Å². The lowest BCUT2D eigenvalue weighted by Crippen LogP contribution is -2.35. The summed E-state index contributed by atoms with van der Waals surface area (Å²) in [6.07, 6.45) is 5.80. The monoisotopic (exact) mass is 229 g/mol. The molecule has 0 unspecified atom stereocenters. The molecule has 0 aromatic rings. The Morgan fingerprint density at radius 1 is 1.44 bits per heavy atom. The Balaban J connectivity index is 2.33. The number of aliphatic hydroxyl groups is 1. The molecular weight excluding hydrogens is 202 g/mol. The van der Waals surface area contributed by atoms with Crippen LogP contribution < -0.4 is 0 Å². The van der Waals surface area contributed by atoms with Crippen LogP contribution in [0.2, 0.25) is 0 Å². The second kappa shape index (κ2) is 8.04. The van der Waals surface area contributed by atoms with E-state index in [0.29, 0.717) is 0 Å². The van der Waals surface area contributed by atoms with Crippen LogP contribution in [0.15, 0.2) is 0 Å². The highest BCUT2D eigenvalue weighted by molar-refractivity contribution is 4.73. The van der Waals surface area contributed by atoms with Crippen molar-refractivity contribution in [1.82, 2.24) is 4.90 Å². The Morgan fingerprint density at radius 3 is 2.94 bits per heavy atom. The van der Waals surface area contributed by atoms with Crippen LogP contribution in [-0.4, -0.2) is 49.5 Å². The molecule has 0 aromatic heterocycles. The maximum absolute atomic E-state index is 9.70. The van der Waals surface area contributed by atoms with Crippen LogP contribution in [-0.2, 0) is 4.74 Å². The lowest BCUT2D eigenvalue weighted by Gasteiger charge is -2.26. The minimum Gasteiger partial charge on any atom is -0.392 e. The van der Waals surface area contributed by atoms with Gasteiger partial charge in [0.05, 0.1) is 6.10 Å². The molecule has 0 saturated carbocycles. The molecule has 0 bridgehead atoms. The molecule has 0 radical (unpaired) electrons. The summed E-state index contributed by atoms with van der Waals surface area (Å²) >= 11 is 0. The number of hydrogen-bond acceptors (Lipinski definition) is 3. The van der Waals surface area contributed by atoms with E-state index < -0.39 is 0 Å². The maximum atomic E-state index is 9.70. The van der Waals surface area contributed by atoms with Crippen molar-refractivity contribution in [2.24, 2.45) is 5.92 Å². The van der Waals surface area contributed by atoms with Crippen LogP contribution in [0.3, 0.4) is 0 Å². The van der Waals surface area contributed by atoms with E-state index in [2.05, 4.69) is 4.90 Å². The third kappa shape index (κ3) is 5.28. The fraction of sp³-hybridized carbons (Fsp3) is 1.00.